The molecule has 1 aromatic rings. The van der Waals surface area contributed by atoms with Gasteiger partial charge < -0.3 is 9.05 Å². The monoisotopic (exact) mass is 350 g/mol. The summed E-state index contributed by atoms with van der Waals surface area (Å²) in [5, 5.41) is 0. The van der Waals surface area contributed by atoms with Crippen LogP contribution in [0.2, 0.25) is 0 Å². The van der Waals surface area contributed by atoms with Crippen LogP contribution in [-0.2, 0) is 27.5 Å². The summed E-state index contributed by atoms with van der Waals surface area (Å²) in [5.74, 6) is 1.28. The van der Waals surface area contributed by atoms with E-state index < -0.39 is 11.6 Å². The molecule has 0 spiro atoms. The van der Waals surface area contributed by atoms with E-state index in [0.717, 1.165) is 25.0 Å². The largest absolute Gasteiger partial charge is 0.322 e. The van der Waals surface area contributed by atoms with E-state index in [2.05, 4.69) is 16.9 Å². The summed E-state index contributed by atoms with van der Waals surface area (Å²) >= 11 is 7.03. The Hall–Kier alpha value is -0.0700. The minimum Gasteiger partial charge on any atom is -0.322 e. The van der Waals surface area contributed by atoms with Crippen LogP contribution < -0.4 is 0 Å². The first-order chi connectivity index (χ1) is 10.1. The maximum absolute atomic E-state index is 13.5. The third kappa shape index (κ3) is 5.57. The Balaban J connectivity index is 2.01. The van der Waals surface area contributed by atoms with Crippen LogP contribution in [0.4, 0.5) is 4.39 Å². The van der Waals surface area contributed by atoms with E-state index in [1.165, 1.54) is 17.4 Å². The molecule has 0 unspecified atom stereocenters. The van der Waals surface area contributed by atoms with Gasteiger partial charge in [-0.2, -0.15) is 4.39 Å². The van der Waals surface area contributed by atoms with E-state index in [4.69, 9.17) is 20.9 Å². The van der Waals surface area contributed by atoms with E-state index in [1.54, 1.807) is 0 Å². The molecule has 1 aromatic heterocycles. The smallest absolute Gasteiger partial charge is 0.247 e. The van der Waals surface area contributed by atoms with Gasteiger partial charge in [0, 0.05) is 17.7 Å². The molecule has 0 amide bonds. The van der Waals surface area contributed by atoms with E-state index in [0.29, 0.717) is 24.0 Å². The maximum atomic E-state index is 13.5. The Bertz CT molecular complexity index is 529. The van der Waals surface area contributed by atoms with Gasteiger partial charge in [0.25, 0.3) is 0 Å². The molecule has 2 rings (SSSR count). The van der Waals surface area contributed by atoms with Gasteiger partial charge >= 0.3 is 0 Å². The number of nitrogens with zero attached hydrogens (tertiary/aromatic N) is 2. The average Bonchev–Trinajstić information content (AvgIpc) is 3.28. The van der Waals surface area contributed by atoms with Crippen molar-refractivity contribution in [1.82, 2.24) is 9.97 Å². The lowest BCUT2D eigenvalue weighted by molar-refractivity contribution is 0.258. The number of halogens is 1. The van der Waals surface area contributed by atoms with Crippen molar-refractivity contribution < 1.29 is 13.4 Å². The molecule has 0 radical (unpaired) electrons. The minimum atomic E-state index is -2.37. The first-order valence-electron chi connectivity index (χ1n) is 7.13. The van der Waals surface area contributed by atoms with Gasteiger partial charge in [-0.1, -0.05) is 18.3 Å². The molecule has 0 bridgehead atoms. The van der Waals surface area contributed by atoms with Gasteiger partial charge in [-0.05, 0) is 38.0 Å². The Kier molecular flexibility index (Phi) is 6.56. The highest BCUT2D eigenvalue weighted by Gasteiger charge is 2.28. The lowest BCUT2D eigenvalue weighted by Gasteiger charge is -2.20. The minimum absolute atomic E-state index is 0.174. The van der Waals surface area contributed by atoms with Crippen LogP contribution in [0.1, 0.15) is 50.5 Å². The van der Waals surface area contributed by atoms with Crippen LogP contribution >= 0.6 is 17.1 Å². The summed E-state index contributed by atoms with van der Waals surface area (Å²) in [6.45, 7) is 4.67. The van der Waals surface area contributed by atoms with E-state index in [1.807, 2.05) is 6.92 Å². The topological polar surface area (TPSA) is 44.2 Å². The fraction of sp³-hybridized carbons (Fsp3) is 0.692. The van der Waals surface area contributed by atoms with Crippen LogP contribution in [-0.4, -0.2) is 22.3 Å². The Labute approximate surface area is 134 Å². The Morgan fingerprint density at radius 1 is 1.38 bits per heavy atom. The molecule has 1 heterocycles. The lowest BCUT2D eigenvalue weighted by atomic mass is 10.3. The highest BCUT2D eigenvalue weighted by Crippen LogP contribution is 2.61. The van der Waals surface area contributed by atoms with Crippen molar-refractivity contribution in [3.63, 3.8) is 0 Å². The summed E-state index contributed by atoms with van der Waals surface area (Å²) in [6, 6.07) is 1.31. The van der Waals surface area contributed by atoms with Crippen LogP contribution in [0.5, 0.6) is 0 Å². The first-order valence-corrected chi connectivity index (χ1v) is 11.4. The normalized spacial score (nSPS) is 17.7. The van der Waals surface area contributed by atoms with Crippen LogP contribution in [0.15, 0.2) is 6.07 Å². The zero-order valence-corrected chi connectivity index (χ0v) is 14.8. The zero-order chi connectivity index (χ0) is 15.3. The first kappa shape index (κ1) is 17.3. The third-order valence-electron chi connectivity index (χ3n) is 2.82. The molecule has 1 aliphatic carbocycles. The quantitative estimate of drug-likeness (QED) is 0.485. The third-order valence-corrected chi connectivity index (χ3v) is 8.46. The van der Waals surface area contributed by atoms with Crippen molar-refractivity contribution in [2.24, 2.45) is 0 Å². The molecule has 0 aliphatic heterocycles. The highest BCUT2D eigenvalue weighted by molar-refractivity contribution is 8.67. The van der Waals surface area contributed by atoms with Crippen molar-refractivity contribution in [1.29, 1.82) is 0 Å². The van der Waals surface area contributed by atoms with Crippen molar-refractivity contribution in [3.05, 3.63) is 23.5 Å². The molecule has 1 atom stereocenters. The molecule has 1 aliphatic rings. The van der Waals surface area contributed by atoms with Gasteiger partial charge in [-0.3, -0.25) is 0 Å². The van der Waals surface area contributed by atoms with Gasteiger partial charge in [0.15, 0.2) is 0 Å². The summed E-state index contributed by atoms with van der Waals surface area (Å²) < 4.78 is 24.9. The molecule has 1 saturated carbocycles. The summed E-state index contributed by atoms with van der Waals surface area (Å²) in [7, 11) is 0. The van der Waals surface area contributed by atoms with Gasteiger partial charge in [-0.25, -0.2) is 9.97 Å². The predicted molar refractivity (Wildman–Crippen MR) is 87.4 cm³/mol. The van der Waals surface area contributed by atoms with Crippen LogP contribution in [0.3, 0.4) is 0 Å². The second-order valence-electron chi connectivity index (χ2n) is 4.79. The van der Waals surface area contributed by atoms with Crippen molar-refractivity contribution >= 4 is 28.9 Å². The zero-order valence-electron chi connectivity index (χ0n) is 12.2. The molecular weight excluding hydrogens is 330 g/mol. The maximum Gasteiger partial charge on any atom is 0.247 e. The average molecular weight is 350 g/mol. The summed E-state index contributed by atoms with van der Waals surface area (Å²) in [4.78, 5) is 8.21. The van der Waals surface area contributed by atoms with Gasteiger partial charge in [0.05, 0.1) is 18.9 Å². The molecule has 0 saturated heterocycles. The van der Waals surface area contributed by atoms with Crippen LogP contribution in [0, 0.1) is 5.95 Å². The number of hydrogen-bond donors (Lipinski definition) is 0. The SMILES string of the molecule is CCCS[P@@](=S)(OCC)OCc1cc(F)nc(C2CC2)n1. The molecule has 118 valence electrons. The standard InChI is InChI=1S/C13H20FN2O2PS2/c1-3-7-21-19(20,17-4-2)18-9-11-8-12(14)16-13(15-11)10-5-6-10/h8,10H,3-7,9H2,1-2H3/t19-/m0/s1. The fourth-order valence-electron chi connectivity index (χ4n) is 1.70. The van der Waals surface area contributed by atoms with Crippen molar-refractivity contribution in [2.45, 2.75) is 45.6 Å². The van der Waals surface area contributed by atoms with E-state index >= 15 is 0 Å². The molecule has 8 heteroatoms. The number of hydrogen-bond acceptors (Lipinski definition) is 6. The highest BCUT2D eigenvalue weighted by atomic mass is 32.9. The van der Waals surface area contributed by atoms with Gasteiger partial charge in [0.1, 0.15) is 5.82 Å². The van der Waals surface area contributed by atoms with Crippen LogP contribution in [0.25, 0.3) is 0 Å². The second-order valence-corrected chi connectivity index (χ2v) is 11.2. The number of rotatable bonds is 9. The fourth-order valence-corrected chi connectivity index (χ4v) is 6.22. The molecule has 4 nitrogen and oxygen atoms in total. The second kappa shape index (κ2) is 7.97. The Morgan fingerprint density at radius 2 is 2.14 bits per heavy atom. The molecule has 1 fully saturated rings. The lowest BCUT2D eigenvalue weighted by Crippen LogP contribution is -2.03. The molecule has 0 aromatic carbocycles. The predicted octanol–water partition coefficient (Wildman–Crippen LogP) is 4.41. The molecule has 0 N–H and O–H groups in total. The summed E-state index contributed by atoms with van der Waals surface area (Å²) in [6.07, 6.45) is 3.08. The summed E-state index contributed by atoms with van der Waals surface area (Å²) in [5.41, 5.74) is -1.84. The van der Waals surface area contributed by atoms with Gasteiger partial charge in [-0.15, -0.1) is 0 Å². The Morgan fingerprint density at radius 3 is 2.76 bits per heavy atom. The molecule has 21 heavy (non-hydrogen) atoms. The van der Waals surface area contributed by atoms with Gasteiger partial charge in [0.2, 0.25) is 11.6 Å². The van der Waals surface area contributed by atoms with Crippen molar-refractivity contribution in [3.8, 4) is 0 Å². The number of aromatic nitrogens is 2. The molecular formula is C13H20FN2O2PS2. The van der Waals surface area contributed by atoms with E-state index in [9.17, 15) is 4.39 Å². The van der Waals surface area contributed by atoms with E-state index in [-0.39, 0.29) is 6.61 Å². The van der Waals surface area contributed by atoms with Crippen molar-refractivity contribution in [2.75, 3.05) is 12.4 Å².